The molecule has 2 unspecified atom stereocenters. The molecule has 3 amide bonds. The third-order valence-electron chi connectivity index (χ3n) is 5.30. The Labute approximate surface area is 199 Å². The minimum Gasteiger partial charge on any atom is -0.444 e. The highest BCUT2D eigenvalue weighted by Crippen LogP contribution is 2.27. The van der Waals surface area contributed by atoms with Gasteiger partial charge in [0.05, 0.1) is 0 Å². The van der Waals surface area contributed by atoms with Gasteiger partial charge in [-0.25, -0.2) is 4.79 Å². The third kappa shape index (κ3) is 9.84. The number of hydrogen-bond acceptors (Lipinski definition) is 4. The number of hydrogen-bond donors (Lipinski definition) is 2. The number of carbonyl (C=O) groups excluding carboxylic acids is 3. The maximum absolute atomic E-state index is 13.4. The molecule has 0 spiro atoms. The Kier molecular flexibility index (Phi) is 11.4. The Hall–Kier alpha value is -2.57. The van der Waals surface area contributed by atoms with Crippen molar-refractivity contribution >= 4 is 17.9 Å². The lowest BCUT2D eigenvalue weighted by Crippen LogP contribution is -2.51. The summed E-state index contributed by atoms with van der Waals surface area (Å²) in [5.41, 5.74) is 2.16. The SMILES string of the molecule is CCCCCNC(=O)C(c1cc(C)cc(C)c1)N(C(=O)CNC(=O)OC(C)(C)C)C(C)CC. The molecule has 1 aromatic rings. The van der Waals surface area contributed by atoms with Crippen LogP contribution < -0.4 is 10.6 Å². The fourth-order valence-electron chi connectivity index (χ4n) is 3.68. The molecule has 7 heteroatoms. The van der Waals surface area contributed by atoms with E-state index in [1.165, 1.54) is 0 Å². The van der Waals surface area contributed by atoms with E-state index >= 15 is 0 Å². The second-order valence-electron chi connectivity index (χ2n) is 9.74. The zero-order valence-electron chi connectivity index (χ0n) is 21.7. The van der Waals surface area contributed by atoms with Crippen LogP contribution in [0.2, 0.25) is 0 Å². The minimum atomic E-state index is -0.784. The number of nitrogens with one attached hydrogen (secondary N) is 2. The van der Waals surface area contributed by atoms with E-state index < -0.39 is 17.7 Å². The van der Waals surface area contributed by atoms with Crippen LogP contribution in [0.15, 0.2) is 18.2 Å². The molecule has 2 N–H and O–H groups in total. The van der Waals surface area contributed by atoms with Gasteiger partial charge in [0.15, 0.2) is 0 Å². The van der Waals surface area contributed by atoms with Crippen LogP contribution in [0.25, 0.3) is 0 Å². The highest BCUT2D eigenvalue weighted by atomic mass is 16.6. The molecule has 0 aromatic heterocycles. The summed E-state index contributed by atoms with van der Waals surface area (Å²) in [7, 11) is 0. The third-order valence-corrected chi connectivity index (χ3v) is 5.30. The maximum atomic E-state index is 13.4. The molecule has 2 atom stereocenters. The average Bonchev–Trinajstić information content (AvgIpc) is 2.70. The van der Waals surface area contributed by atoms with Crippen molar-refractivity contribution in [2.75, 3.05) is 13.1 Å². The molecule has 0 bridgehead atoms. The molecule has 0 aliphatic heterocycles. The predicted molar refractivity (Wildman–Crippen MR) is 132 cm³/mol. The van der Waals surface area contributed by atoms with Gasteiger partial charge in [-0.15, -0.1) is 0 Å². The molecule has 0 radical (unpaired) electrons. The molecule has 0 saturated carbocycles. The lowest BCUT2D eigenvalue weighted by Gasteiger charge is -2.36. The van der Waals surface area contributed by atoms with Gasteiger partial charge in [-0.1, -0.05) is 56.0 Å². The van der Waals surface area contributed by atoms with Gasteiger partial charge >= 0.3 is 6.09 Å². The van der Waals surface area contributed by atoms with Crippen LogP contribution >= 0.6 is 0 Å². The van der Waals surface area contributed by atoms with Crippen molar-refractivity contribution in [3.05, 3.63) is 34.9 Å². The second kappa shape index (κ2) is 13.2. The first-order valence-electron chi connectivity index (χ1n) is 12.0. The Morgan fingerprint density at radius 1 is 1.00 bits per heavy atom. The van der Waals surface area contributed by atoms with Gasteiger partial charge in [0, 0.05) is 12.6 Å². The van der Waals surface area contributed by atoms with E-state index in [4.69, 9.17) is 4.74 Å². The molecule has 186 valence electrons. The summed E-state index contributed by atoms with van der Waals surface area (Å²) in [5, 5.41) is 5.56. The summed E-state index contributed by atoms with van der Waals surface area (Å²) in [5.74, 6) is -0.537. The van der Waals surface area contributed by atoms with Gasteiger partial charge < -0.3 is 20.3 Å². The standard InChI is InChI=1S/C26H43N3O4/c1-9-11-12-13-27-24(31)23(21-15-18(3)14-19(4)16-21)29(20(5)10-2)22(30)17-28-25(32)33-26(6,7)8/h14-16,20,23H,9-13,17H2,1-8H3,(H,27,31)(H,28,32). The van der Waals surface area contributed by atoms with Crippen molar-refractivity contribution in [1.82, 2.24) is 15.5 Å². The van der Waals surface area contributed by atoms with Crippen LogP contribution in [-0.2, 0) is 14.3 Å². The van der Waals surface area contributed by atoms with Crippen molar-refractivity contribution < 1.29 is 19.1 Å². The number of alkyl carbamates (subject to hydrolysis) is 1. The molecule has 0 heterocycles. The Morgan fingerprint density at radius 2 is 1.61 bits per heavy atom. The largest absolute Gasteiger partial charge is 0.444 e. The summed E-state index contributed by atoms with van der Waals surface area (Å²) in [6.45, 7) is 15.6. The quantitative estimate of drug-likeness (QED) is 0.463. The Bertz CT molecular complexity index is 781. The van der Waals surface area contributed by atoms with E-state index in [1.54, 1.807) is 25.7 Å². The van der Waals surface area contributed by atoms with Crippen molar-refractivity contribution in [3.8, 4) is 0 Å². The number of carbonyl (C=O) groups is 3. The molecule has 0 saturated heterocycles. The predicted octanol–water partition coefficient (Wildman–Crippen LogP) is 4.80. The summed E-state index contributed by atoms with van der Waals surface area (Å²) in [6.07, 6.45) is 2.99. The van der Waals surface area contributed by atoms with Crippen LogP contribution in [0, 0.1) is 13.8 Å². The second-order valence-corrected chi connectivity index (χ2v) is 9.74. The fourth-order valence-corrected chi connectivity index (χ4v) is 3.68. The zero-order chi connectivity index (χ0) is 25.2. The van der Waals surface area contributed by atoms with E-state index in [0.717, 1.165) is 36.0 Å². The topological polar surface area (TPSA) is 87.7 Å². The maximum Gasteiger partial charge on any atom is 0.408 e. The fraction of sp³-hybridized carbons (Fsp3) is 0.654. The summed E-state index contributed by atoms with van der Waals surface area (Å²) in [6, 6.07) is 4.96. The molecule has 7 nitrogen and oxygen atoms in total. The van der Waals surface area contributed by atoms with Crippen molar-refractivity contribution in [2.24, 2.45) is 0 Å². The van der Waals surface area contributed by atoms with E-state index in [0.29, 0.717) is 13.0 Å². The molecule has 0 fully saturated rings. The molecule has 1 rings (SSSR count). The number of rotatable bonds is 11. The smallest absolute Gasteiger partial charge is 0.408 e. The molecule has 0 aliphatic carbocycles. The van der Waals surface area contributed by atoms with Gasteiger partial charge in [-0.05, 0) is 59.9 Å². The lowest BCUT2D eigenvalue weighted by molar-refractivity contribution is -0.142. The Morgan fingerprint density at radius 3 is 2.12 bits per heavy atom. The lowest BCUT2D eigenvalue weighted by atomic mass is 9.97. The van der Waals surface area contributed by atoms with Gasteiger partial charge in [0.2, 0.25) is 11.8 Å². The van der Waals surface area contributed by atoms with Crippen LogP contribution in [-0.4, -0.2) is 47.5 Å². The summed E-state index contributed by atoms with van der Waals surface area (Å²) < 4.78 is 5.25. The van der Waals surface area contributed by atoms with Gasteiger partial charge in [0.1, 0.15) is 18.2 Å². The Balaban J connectivity index is 3.23. The summed E-state index contributed by atoms with van der Waals surface area (Å²) >= 11 is 0. The number of aryl methyl sites for hydroxylation is 2. The van der Waals surface area contributed by atoms with E-state index in [1.807, 2.05) is 45.9 Å². The van der Waals surface area contributed by atoms with Gasteiger partial charge in [-0.2, -0.15) is 0 Å². The average molecular weight is 462 g/mol. The van der Waals surface area contributed by atoms with Gasteiger partial charge in [0.25, 0.3) is 0 Å². The van der Waals surface area contributed by atoms with E-state index in [-0.39, 0.29) is 24.4 Å². The normalized spacial score (nSPS) is 13.1. The minimum absolute atomic E-state index is 0.204. The van der Waals surface area contributed by atoms with E-state index in [2.05, 4.69) is 17.6 Å². The van der Waals surface area contributed by atoms with Crippen LogP contribution in [0.3, 0.4) is 0 Å². The van der Waals surface area contributed by atoms with Crippen molar-refractivity contribution in [3.63, 3.8) is 0 Å². The first-order chi connectivity index (χ1) is 15.4. The van der Waals surface area contributed by atoms with Crippen LogP contribution in [0.4, 0.5) is 4.79 Å². The number of amides is 3. The zero-order valence-corrected chi connectivity index (χ0v) is 21.7. The first kappa shape index (κ1) is 28.5. The molecular weight excluding hydrogens is 418 g/mol. The monoisotopic (exact) mass is 461 g/mol. The molecular formula is C26H43N3O4. The first-order valence-corrected chi connectivity index (χ1v) is 12.0. The van der Waals surface area contributed by atoms with Crippen LogP contribution in [0.1, 0.15) is 90.0 Å². The number of benzene rings is 1. The summed E-state index contributed by atoms with van der Waals surface area (Å²) in [4.78, 5) is 40.5. The molecule has 0 aliphatic rings. The van der Waals surface area contributed by atoms with Gasteiger partial charge in [-0.3, -0.25) is 9.59 Å². The molecule has 33 heavy (non-hydrogen) atoms. The van der Waals surface area contributed by atoms with Crippen molar-refractivity contribution in [2.45, 2.75) is 98.8 Å². The van der Waals surface area contributed by atoms with Crippen molar-refractivity contribution in [1.29, 1.82) is 0 Å². The highest BCUT2D eigenvalue weighted by molar-refractivity contribution is 5.90. The number of unbranched alkanes of at least 4 members (excludes halogenated alkanes) is 2. The van der Waals surface area contributed by atoms with E-state index in [9.17, 15) is 14.4 Å². The molecule has 1 aromatic carbocycles. The number of nitrogens with zero attached hydrogens (tertiary/aromatic N) is 1. The van der Waals surface area contributed by atoms with Crippen LogP contribution in [0.5, 0.6) is 0 Å². The highest BCUT2D eigenvalue weighted by Gasteiger charge is 2.34. The number of ether oxygens (including phenoxy) is 1.